The topological polar surface area (TPSA) is 103 Å². The summed E-state index contributed by atoms with van der Waals surface area (Å²) in [5, 5.41) is 22.3. The number of nitrogens with one attached hydrogen (secondary N) is 1. The molecule has 0 saturated carbocycles. The summed E-state index contributed by atoms with van der Waals surface area (Å²) in [6.07, 6.45) is 2.83. The maximum atomic E-state index is 12.7. The first-order chi connectivity index (χ1) is 12.4. The molecule has 0 aliphatic carbocycles. The molecule has 3 rings (SSSR count). The van der Waals surface area contributed by atoms with Gasteiger partial charge in [-0.3, -0.25) is 14.6 Å². The van der Waals surface area contributed by atoms with Crippen molar-refractivity contribution >= 4 is 29.8 Å². The molecule has 136 valence electrons. The van der Waals surface area contributed by atoms with Gasteiger partial charge in [-0.1, -0.05) is 18.2 Å². The first kappa shape index (κ1) is 18.3. The van der Waals surface area contributed by atoms with Crippen LogP contribution in [0.2, 0.25) is 0 Å². The number of carbonyl (C=O) groups excluding carboxylic acids is 2. The zero-order valence-corrected chi connectivity index (χ0v) is 14.8. The van der Waals surface area contributed by atoms with Crippen LogP contribution in [0.5, 0.6) is 0 Å². The number of carbonyl (C=O) groups is 2. The van der Waals surface area contributed by atoms with Crippen molar-refractivity contribution < 1.29 is 19.6 Å². The molecule has 1 aliphatic heterocycles. The Morgan fingerprint density at radius 2 is 2.12 bits per heavy atom. The van der Waals surface area contributed by atoms with Gasteiger partial charge >= 0.3 is 7.12 Å². The Kier molecular flexibility index (Phi) is 5.24. The zero-order valence-electron chi connectivity index (χ0n) is 14.8. The molecule has 8 heteroatoms. The quantitative estimate of drug-likeness (QED) is 0.700. The maximum Gasteiger partial charge on any atom is 0.475 e. The Balaban J connectivity index is 1.78. The number of para-hydroxylation sites is 1. The summed E-state index contributed by atoms with van der Waals surface area (Å²) < 4.78 is 0. The van der Waals surface area contributed by atoms with Gasteiger partial charge in [-0.2, -0.15) is 0 Å². The molecular weight excluding hydrogens is 333 g/mol. The number of hydrogen-bond donors (Lipinski definition) is 3. The van der Waals surface area contributed by atoms with Gasteiger partial charge in [-0.15, -0.1) is 0 Å². The molecule has 7 nitrogen and oxygen atoms in total. The van der Waals surface area contributed by atoms with Crippen molar-refractivity contribution in [2.45, 2.75) is 38.7 Å². The van der Waals surface area contributed by atoms with Crippen molar-refractivity contribution in [3.63, 3.8) is 0 Å². The third kappa shape index (κ3) is 3.43. The number of amides is 2. The fourth-order valence-electron chi connectivity index (χ4n) is 3.48. The van der Waals surface area contributed by atoms with E-state index in [2.05, 4.69) is 10.3 Å². The molecule has 0 bridgehead atoms. The smallest absolute Gasteiger partial charge is 0.426 e. The van der Waals surface area contributed by atoms with Gasteiger partial charge in [0.05, 0.1) is 17.0 Å². The number of nitrogens with zero attached hydrogens (tertiary/aromatic N) is 2. The lowest BCUT2D eigenvalue weighted by atomic mass is 9.78. The summed E-state index contributed by atoms with van der Waals surface area (Å²) in [5.41, 5.74) is 2.18. The van der Waals surface area contributed by atoms with Gasteiger partial charge in [0.25, 0.3) is 5.91 Å². The molecule has 1 aliphatic rings. The van der Waals surface area contributed by atoms with Crippen molar-refractivity contribution in [3.8, 4) is 0 Å². The molecule has 1 aromatic carbocycles. The molecule has 2 unspecified atom stereocenters. The molecule has 1 saturated heterocycles. The third-order valence-electron chi connectivity index (χ3n) is 4.86. The van der Waals surface area contributed by atoms with E-state index in [1.54, 1.807) is 19.2 Å². The van der Waals surface area contributed by atoms with E-state index in [1.165, 1.54) is 4.90 Å². The highest BCUT2D eigenvalue weighted by Gasteiger charge is 2.38. The van der Waals surface area contributed by atoms with Crippen molar-refractivity contribution in [1.29, 1.82) is 0 Å². The normalized spacial score (nSPS) is 18.0. The van der Waals surface area contributed by atoms with Gasteiger partial charge in [0.2, 0.25) is 5.91 Å². The minimum Gasteiger partial charge on any atom is -0.426 e. The highest BCUT2D eigenvalue weighted by atomic mass is 16.4. The SMILES string of the molecule is Cc1cccc2c(C(=O)NC(C)C(=O)N3CCCC3B(O)O)ccnc12. The standard InChI is InChI=1S/C18H22BN3O4/c1-11-5-3-6-13-14(8-9-20-16(11)13)17(23)21-12(2)18(24)22-10-4-7-15(22)19(25)26/h3,5-6,8-9,12,15,25-26H,4,7,10H2,1-2H3,(H,21,23). The minimum absolute atomic E-state index is 0.316. The van der Waals surface area contributed by atoms with Gasteiger partial charge in [-0.25, -0.2) is 0 Å². The average molecular weight is 355 g/mol. The van der Waals surface area contributed by atoms with Crippen LogP contribution in [0.4, 0.5) is 0 Å². The second-order valence-corrected chi connectivity index (χ2v) is 6.68. The number of aryl methyl sites for hydroxylation is 1. The summed E-state index contributed by atoms with van der Waals surface area (Å²) in [5.74, 6) is -1.29. The van der Waals surface area contributed by atoms with Crippen molar-refractivity contribution in [2.75, 3.05) is 6.54 Å². The zero-order chi connectivity index (χ0) is 18.8. The molecule has 2 amide bonds. The Labute approximate surface area is 152 Å². The molecule has 1 aromatic heterocycles. The van der Waals surface area contributed by atoms with E-state index < -0.39 is 19.1 Å². The fraction of sp³-hybridized carbons (Fsp3) is 0.389. The second kappa shape index (κ2) is 7.43. The minimum atomic E-state index is -1.57. The summed E-state index contributed by atoms with van der Waals surface area (Å²) in [6.45, 7) is 3.99. The number of pyridine rings is 1. The van der Waals surface area contributed by atoms with E-state index in [-0.39, 0.29) is 11.8 Å². The fourth-order valence-corrected chi connectivity index (χ4v) is 3.48. The number of benzene rings is 1. The Hall–Kier alpha value is -2.45. The highest BCUT2D eigenvalue weighted by molar-refractivity contribution is 6.43. The lowest BCUT2D eigenvalue weighted by molar-refractivity contribution is -0.132. The van der Waals surface area contributed by atoms with E-state index in [9.17, 15) is 19.6 Å². The Bertz CT molecular complexity index is 842. The van der Waals surface area contributed by atoms with E-state index in [0.29, 0.717) is 24.9 Å². The molecule has 0 radical (unpaired) electrons. The Morgan fingerprint density at radius 1 is 1.35 bits per heavy atom. The lowest BCUT2D eigenvalue weighted by Gasteiger charge is -2.27. The van der Waals surface area contributed by atoms with Crippen molar-refractivity contribution in [1.82, 2.24) is 15.2 Å². The van der Waals surface area contributed by atoms with E-state index in [1.807, 2.05) is 25.1 Å². The van der Waals surface area contributed by atoms with Crippen LogP contribution >= 0.6 is 0 Å². The van der Waals surface area contributed by atoms with E-state index >= 15 is 0 Å². The summed E-state index contributed by atoms with van der Waals surface area (Å²) >= 11 is 0. The lowest BCUT2D eigenvalue weighted by Crippen LogP contribution is -2.52. The van der Waals surface area contributed by atoms with Crippen LogP contribution in [-0.4, -0.2) is 57.4 Å². The van der Waals surface area contributed by atoms with Crippen LogP contribution in [0.25, 0.3) is 10.9 Å². The summed E-state index contributed by atoms with van der Waals surface area (Å²) in [4.78, 5) is 31.1. The van der Waals surface area contributed by atoms with Gasteiger partial charge < -0.3 is 20.3 Å². The number of likely N-dealkylation sites (tertiary alicyclic amines) is 1. The summed E-state index contributed by atoms with van der Waals surface area (Å²) in [6, 6.07) is 6.48. The number of hydrogen-bond acceptors (Lipinski definition) is 5. The van der Waals surface area contributed by atoms with Crippen LogP contribution in [-0.2, 0) is 4.79 Å². The molecule has 2 heterocycles. The molecular formula is C18H22BN3O4. The van der Waals surface area contributed by atoms with E-state index in [4.69, 9.17) is 0 Å². The summed E-state index contributed by atoms with van der Waals surface area (Å²) in [7, 11) is -1.57. The molecule has 0 spiro atoms. The number of rotatable bonds is 4. The molecule has 1 fully saturated rings. The first-order valence-electron chi connectivity index (χ1n) is 8.72. The monoisotopic (exact) mass is 355 g/mol. The van der Waals surface area contributed by atoms with Crippen LogP contribution < -0.4 is 5.32 Å². The first-order valence-corrected chi connectivity index (χ1v) is 8.72. The van der Waals surface area contributed by atoms with Crippen LogP contribution in [0.15, 0.2) is 30.5 Å². The van der Waals surface area contributed by atoms with Gasteiger partial charge in [0.15, 0.2) is 0 Å². The van der Waals surface area contributed by atoms with Gasteiger partial charge in [0, 0.05) is 18.1 Å². The molecule has 2 atom stereocenters. The second-order valence-electron chi connectivity index (χ2n) is 6.68. The van der Waals surface area contributed by atoms with Gasteiger partial charge in [-0.05, 0) is 38.3 Å². The maximum absolute atomic E-state index is 12.7. The molecule has 26 heavy (non-hydrogen) atoms. The van der Waals surface area contributed by atoms with E-state index in [0.717, 1.165) is 16.5 Å². The van der Waals surface area contributed by atoms with Crippen LogP contribution in [0, 0.1) is 6.92 Å². The van der Waals surface area contributed by atoms with Crippen LogP contribution in [0.3, 0.4) is 0 Å². The predicted molar refractivity (Wildman–Crippen MR) is 98.3 cm³/mol. The van der Waals surface area contributed by atoms with Gasteiger partial charge in [0.1, 0.15) is 6.04 Å². The highest BCUT2D eigenvalue weighted by Crippen LogP contribution is 2.21. The number of fused-ring (bicyclic) bond motifs is 1. The predicted octanol–water partition coefficient (Wildman–Crippen LogP) is 0.665. The third-order valence-corrected chi connectivity index (χ3v) is 4.86. The number of aromatic nitrogens is 1. The van der Waals surface area contributed by atoms with Crippen molar-refractivity contribution in [3.05, 3.63) is 41.6 Å². The Morgan fingerprint density at radius 3 is 2.85 bits per heavy atom. The average Bonchev–Trinajstić information content (AvgIpc) is 3.11. The van der Waals surface area contributed by atoms with Crippen molar-refractivity contribution in [2.24, 2.45) is 0 Å². The van der Waals surface area contributed by atoms with Crippen LogP contribution in [0.1, 0.15) is 35.7 Å². The molecule has 3 N–H and O–H groups in total. The molecule has 2 aromatic rings. The largest absolute Gasteiger partial charge is 0.475 e.